The van der Waals surface area contributed by atoms with Crippen LogP contribution in [0.2, 0.25) is 0 Å². The third kappa shape index (κ3) is 3.92. The highest BCUT2D eigenvalue weighted by atomic mass is 16.4. The molecule has 1 amide bonds. The second kappa shape index (κ2) is 7.55. The standard InChI is InChI=1S/C20H26N2O3/c1-13(2)21(12-19(23)24)20(25)18-11-14(3)22(16(18)5)15(4)17-9-7-6-8-10-17/h6-11,13,15H,12H2,1-5H3,(H,23,24). The number of benzene rings is 1. The van der Waals surface area contributed by atoms with E-state index in [1.165, 1.54) is 4.90 Å². The van der Waals surface area contributed by atoms with Crippen molar-refractivity contribution >= 4 is 11.9 Å². The highest BCUT2D eigenvalue weighted by Crippen LogP contribution is 2.26. The highest BCUT2D eigenvalue weighted by Gasteiger charge is 2.26. The van der Waals surface area contributed by atoms with E-state index < -0.39 is 5.97 Å². The van der Waals surface area contributed by atoms with Crippen molar-refractivity contribution in [3.05, 3.63) is 58.9 Å². The zero-order chi connectivity index (χ0) is 18.7. The van der Waals surface area contributed by atoms with Gasteiger partial charge in [-0.15, -0.1) is 0 Å². The number of hydrogen-bond donors (Lipinski definition) is 1. The average Bonchev–Trinajstić information content (AvgIpc) is 2.86. The average molecular weight is 342 g/mol. The Labute approximate surface area is 148 Å². The summed E-state index contributed by atoms with van der Waals surface area (Å²) in [5.74, 6) is -1.24. The van der Waals surface area contributed by atoms with Gasteiger partial charge in [-0.25, -0.2) is 0 Å². The van der Waals surface area contributed by atoms with E-state index >= 15 is 0 Å². The lowest BCUT2D eigenvalue weighted by atomic mass is 10.1. The van der Waals surface area contributed by atoms with Crippen molar-refractivity contribution in [2.45, 2.75) is 46.7 Å². The molecular formula is C20H26N2O3. The molecule has 2 aromatic rings. The maximum atomic E-state index is 12.9. The van der Waals surface area contributed by atoms with E-state index in [4.69, 9.17) is 5.11 Å². The predicted octanol–water partition coefficient (Wildman–Crippen LogP) is 3.65. The molecule has 5 nitrogen and oxygen atoms in total. The van der Waals surface area contributed by atoms with Crippen molar-refractivity contribution in [2.75, 3.05) is 6.54 Å². The Kier molecular flexibility index (Phi) is 5.67. The number of carbonyl (C=O) groups is 2. The smallest absolute Gasteiger partial charge is 0.323 e. The van der Waals surface area contributed by atoms with Crippen molar-refractivity contribution in [2.24, 2.45) is 0 Å². The van der Waals surface area contributed by atoms with Crippen molar-refractivity contribution in [3.8, 4) is 0 Å². The molecule has 0 saturated heterocycles. The van der Waals surface area contributed by atoms with E-state index in [9.17, 15) is 9.59 Å². The molecule has 0 bridgehead atoms. The Balaban J connectivity index is 2.41. The molecule has 134 valence electrons. The fourth-order valence-corrected chi connectivity index (χ4v) is 3.26. The Morgan fingerprint density at radius 3 is 2.24 bits per heavy atom. The summed E-state index contributed by atoms with van der Waals surface area (Å²) >= 11 is 0. The lowest BCUT2D eigenvalue weighted by Crippen LogP contribution is -2.40. The molecule has 5 heteroatoms. The minimum atomic E-state index is -1.01. The van der Waals surface area contributed by atoms with E-state index in [1.807, 2.05) is 52.0 Å². The zero-order valence-corrected chi connectivity index (χ0v) is 15.5. The lowest BCUT2D eigenvalue weighted by molar-refractivity contribution is -0.138. The van der Waals surface area contributed by atoms with Gasteiger partial charge >= 0.3 is 5.97 Å². The van der Waals surface area contributed by atoms with Gasteiger partial charge in [0.1, 0.15) is 6.54 Å². The minimum absolute atomic E-state index is 0.0923. The number of aliphatic carboxylic acids is 1. The van der Waals surface area contributed by atoms with Crippen LogP contribution < -0.4 is 0 Å². The summed E-state index contributed by atoms with van der Waals surface area (Å²) in [6, 6.07) is 11.9. The summed E-state index contributed by atoms with van der Waals surface area (Å²) in [7, 11) is 0. The quantitative estimate of drug-likeness (QED) is 0.871. The summed E-state index contributed by atoms with van der Waals surface area (Å²) in [6.07, 6.45) is 0. The van der Waals surface area contributed by atoms with E-state index in [-0.39, 0.29) is 24.5 Å². The van der Waals surface area contributed by atoms with E-state index in [0.717, 1.165) is 17.0 Å². The van der Waals surface area contributed by atoms with Gasteiger partial charge in [-0.1, -0.05) is 30.3 Å². The molecule has 1 N–H and O–H groups in total. The number of carbonyl (C=O) groups excluding carboxylic acids is 1. The molecule has 0 fully saturated rings. The van der Waals surface area contributed by atoms with Crippen LogP contribution in [0.3, 0.4) is 0 Å². The van der Waals surface area contributed by atoms with Crippen molar-refractivity contribution in [1.82, 2.24) is 9.47 Å². The monoisotopic (exact) mass is 342 g/mol. The number of nitrogens with zero attached hydrogens (tertiary/aromatic N) is 2. The maximum Gasteiger partial charge on any atom is 0.323 e. The van der Waals surface area contributed by atoms with Crippen molar-refractivity contribution in [3.63, 3.8) is 0 Å². The number of carboxylic acid groups (broad SMARTS) is 1. The summed E-state index contributed by atoms with van der Waals surface area (Å²) in [5.41, 5.74) is 3.57. The molecule has 25 heavy (non-hydrogen) atoms. The van der Waals surface area contributed by atoms with Crippen LogP contribution in [0.25, 0.3) is 0 Å². The molecule has 1 atom stereocenters. The van der Waals surface area contributed by atoms with E-state index in [0.29, 0.717) is 5.56 Å². The molecule has 0 radical (unpaired) electrons. The fourth-order valence-electron chi connectivity index (χ4n) is 3.26. The van der Waals surface area contributed by atoms with Crippen LogP contribution in [-0.2, 0) is 4.79 Å². The lowest BCUT2D eigenvalue weighted by Gasteiger charge is -2.25. The largest absolute Gasteiger partial charge is 0.480 e. The second-order valence-corrected chi connectivity index (χ2v) is 6.66. The van der Waals surface area contributed by atoms with Gasteiger partial charge in [0.25, 0.3) is 5.91 Å². The number of aryl methyl sites for hydroxylation is 1. The molecule has 0 spiro atoms. The first-order valence-corrected chi connectivity index (χ1v) is 8.50. The summed E-state index contributed by atoms with van der Waals surface area (Å²) in [5, 5.41) is 9.10. The van der Waals surface area contributed by atoms with Gasteiger partial charge in [0, 0.05) is 17.4 Å². The van der Waals surface area contributed by atoms with Gasteiger partial charge in [-0.3, -0.25) is 9.59 Å². The molecular weight excluding hydrogens is 316 g/mol. The van der Waals surface area contributed by atoms with Gasteiger partial charge in [0.05, 0.1) is 11.6 Å². The predicted molar refractivity (Wildman–Crippen MR) is 98.0 cm³/mol. The van der Waals surface area contributed by atoms with Gasteiger partial charge in [0.15, 0.2) is 0 Å². The van der Waals surface area contributed by atoms with E-state index in [1.54, 1.807) is 0 Å². The first-order chi connectivity index (χ1) is 11.7. The Hall–Kier alpha value is -2.56. The second-order valence-electron chi connectivity index (χ2n) is 6.66. The first kappa shape index (κ1) is 18.8. The van der Waals surface area contributed by atoms with Gasteiger partial charge in [0.2, 0.25) is 0 Å². The minimum Gasteiger partial charge on any atom is -0.480 e. The normalized spacial score (nSPS) is 12.2. The first-order valence-electron chi connectivity index (χ1n) is 8.50. The summed E-state index contributed by atoms with van der Waals surface area (Å²) < 4.78 is 2.13. The van der Waals surface area contributed by atoms with Gasteiger partial charge in [-0.2, -0.15) is 0 Å². The molecule has 1 aromatic carbocycles. The number of aromatic nitrogens is 1. The molecule has 2 rings (SSSR count). The van der Waals surface area contributed by atoms with Crippen LogP contribution in [0, 0.1) is 13.8 Å². The van der Waals surface area contributed by atoms with Crippen molar-refractivity contribution < 1.29 is 14.7 Å². The Morgan fingerprint density at radius 1 is 1.12 bits per heavy atom. The highest BCUT2D eigenvalue weighted by molar-refractivity contribution is 5.97. The SMILES string of the molecule is Cc1cc(C(=O)N(CC(=O)O)C(C)C)c(C)n1C(C)c1ccccc1. The molecule has 1 aromatic heterocycles. The maximum absolute atomic E-state index is 12.9. The molecule has 0 saturated carbocycles. The van der Waals surface area contributed by atoms with Crippen LogP contribution in [0.1, 0.15) is 54.1 Å². The van der Waals surface area contributed by atoms with Gasteiger partial charge < -0.3 is 14.6 Å². The fraction of sp³-hybridized carbons (Fsp3) is 0.400. The number of carboxylic acids is 1. The van der Waals surface area contributed by atoms with Crippen LogP contribution >= 0.6 is 0 Å². The number of hydrogen-bond acceptors (Lipinski definition) is 2. The molecule has 0 aliphatic carbocycles. The van der Waals surface area contributed by atoms with Crippen LogP contribution in [0.15, 0.2) is 36.4 Å². The van der Waals surface area contributed by atoms with E-state index in [2.05, 4.69) is 23.6 Å². The Bertz CT molecular complexity index is 763. The van der Waals surface area contributed by atoms with Gasteiger partial charge in [-0.05, 0) is 46.2 Å². The zero-order valence-electron chi connectivity index (χ0n) is 15.5. The molecule has 0 aliphatic rings. The van der Waals surface area contributed by atoms with Crippen LogP contribution in [-0.4, -0.2) is 39.0 Å². The molecule has 1 unspecified atom stereocenters. The Morgan fingerprint density at radius 2 is 1.72 bits per heavy atom. The topological polar surface area (TPSA) is 62.5 Å². The number of amides is 1. The summed E-state index contributed by atoms with van der Waals surface area (Å²) in [4.78, 5) is 25.4. The van der Waals surface area contributed by atoms with Crippen LogP contribution in [0.4, 0.5) is 0 Å². The number of rotatable bonds is 6. The summed E-state index contributed by atoms with van der Waals surface area (Å²) in [6.45, 7) is 9.34. The molecule has 1 heterocycles. The third-order valence-electron chi connectivity index (χ3n) is 4.57. The van der Waals surface area contributed by atoms with Crippen molar-refractivity contribution in [1.29, 1.82) is 0 Å². The molecule has 0 aliphatic heterocycles. The third-order valence-corrected chi connectivity index (χ3v) is 4.57. The van der Waals surface area contributed by atoms with Crippen LogP contribution in [0.5, 0.6) is 0 Å².